The van der Waals surface area contributed by atoms with Gasteiger partial charge in [0.05, 0.1) is 5.60 Å². The quantitative estimate of drug-likeness (QED) is 0.817. The van der Waals surface area contributed by atoms with Crippen LogP contribution in [0.15, 0.2) is 24.3 Å². The van der Waals surface area contributed by atoms with Crippen molar-refractivity contribution in [1.82, 2.24) is 4.90 Å². The van der Waals surface area contributed by atoms with Gasteiger partial charge in [0, 0.05) is 13.0 Å². The largest absolute Gasteiger partial charge is 0.390 e. The molecule has 0 radical (unpaired) electrons. The van der Waals surface area contributed by atoms with E-state index < -0.39 is 5.60 Å². The maximum atomic E-state index is 9.73. The first-order valence-corrected chi connectivity index (χ1v) is 5.32. The summed E-state index contributed by atoms with van der Waals surface area (Å²) in [6.07, 6.45) is 0.703. The van der Waals surface area contributed by atoms with Gasteiger partial charge in [-0.25, -0.2) is 0 Å². The van der Waals surface area contributed by atoms with Crippen molar-refractivity contribution in [2.24, 2.45) is 0 Å². The van der Waals surface area contributed by atoms with E-state index in [0.717, 1.165) is 6.54 Å². The molecule has 15 heavy (non-hydrogen) atoms. The van der Waals surface area contributed by atoms with Crippen molar-refractivity contribution in [3.63, 3.8) is 0 Å². The van der Waals surface area contributed by atoms with Gasteiger partial charge in [0.1, 0.15) is 0 Å². The van der Waals surface area contributed by atoms with Crippen LogP contribution >= 0.6 is 0 Å². The van der Waals surface area contributed by atoms with Crippen LogP contribution < -0.4 is 0 Å². The molecule has 0 aromatic heterocycles. The minimum Gasteiger partial charge on any atom is -0.390 e. The lowest BCUT2D eigenvalue weighted by atomic mass is 9.97. The van der Waals surface area contributed by atoms with Crippen LogP contribution in [0.3, 0.4) is 0 Å². The predicted molar refractivity (Wildman–Crippen MR) is 63.8 cm³/mol. The zero-order chi connectivity index (χ0) is 11.5. The second-order valence-electron chi connectivity index (χ2n) is 5.05. The summed E-state index contributed by atoms with van der Waals surface area (Å²) in [5, 5.41) is 9.73. The van der Waals surface area contributed by atoms with Crippen molar-refractivity contribution in [1.29, 1.82) is 0 Å². The van der Waals surface area contributed by atoms with E-state index in [4.69, 9.17) is 0 Å². The summed E-state index contributed by atoms with van der Waals surface area (Å²) in [6.45, 7) is 4.62. The summed E-state index contributed by atoms with van der Waals surface area (Å²) in [6, 6.07) is 8.41. The van der Waals surface area contributed by atoms with Crippen molar-refractivity contribution in [3.8, 4) is 0 Å². The minimum atomic E-state index is -0.628. The summed E-state index contributed by atoms with van der Waals surface area (Å²) in [7, 11) is 4.12. The first-order valence-electron chi connectivity index (χ1n) is 5.32. The summed E-state index contributed by atoms with van der Waals surface area (Å²) >= 11 is 0. The zero-order valence-corrected chi connectivity index (χ0v) is 10.1. The lowest BCUT2D eigenvalue weighted by Crippen LogP contribution is -2.22. The van der Waals surface area contributed by atoms with Crippen molar-refractivity contribution in [3.05, 3.63) is 35.4 Å². The summed E-state index contributed by atoms with van der Waals surface area (Å²) < 4.78 is 0. The van der Waals surface area contributed by atoms with Crippen molar-refractivity contribution in [2.75, 3.05) is 14.1 Å². The molecule has 0 atom stereocenters. The number of nitrogens with zero attached hydrogens (tertiary/aromatic N) is 1. The highest BCUT2D eigenvalue weighted by Crippen LogP contribution is 2.14. The monoisotopic (exact) mass is 207 g/mol. The lowest BCUT2D eigenvalue weighted by molar-refractivity contribution is 0.0810. The maximum absolute atomic E-state index is 9.73. The van der Waals surface area contributed by atoms with E-state index in [1.54, 1.807) is 0 Å². The van der Waals surface area contributed by atoms with E-state index in [1.807, 2.05) is 13.8 Å². The molecule has 2 nitrogen and oxygen atoms in total. The fraction of sp³-hybridized carbons (Fsp3) is 0.538. The van der Waals surface area contributed by atoms with Crippen LogP contribution in [0.5, 0.6) is 0 Å². The smallest absolute Gasteiger partial charge is 0.0631 e. The Morgan fingerprint density at radius 3 is 2.33 bits per heavy atom. The molecule has 0 fully saturated rings. The van der Waals surface area contributed by atoms with Crippen LogP contribution in [0, 0.1) is 0 Å². The SMILES string of the molecule is CN(C)Cc1cccc(CC(C)(C)O)c1. The van der Waals surface area contributed by atoms with E-state index in [2.05, 4.69) is 43.3 Å². The van der Waals surface area contributed by atoms with E-state index in [1.165, 1.54) is 11.1 Å². The van der Waals surface area contributed by atoms with Gasteiger partial charge in [0.25, 0.3) is 0 Å². The zero-order valence-electron chi connectivity index (χ0n) is 10.1. The standard InChI is InChI=1S/C13H21NO/c1-13(2,15)9-11-6-5-7-12(8-11)10-14(3)4/h5-8,15H,9-10H2,1-4H3. The molecule has 0 aliphatic rings. The second-order valence-corrected chi connectivity index (χ2v) is 5.05. The molecule has 0 aliphatic heterocycles. The third-order valence-corrected chi connectivity index (χ3v) is 2.13. The molecule has 0 bridgehead atoms. The third-order valence-electron chi connectivity index (χ3n) is 2.13. The molecule has 0 amide bonds. The van der Waals surface area contributed by atoms with Gasteiger partial charge >= 0.3 is 0 Å². The number of hydrogen-bond acceptors (Lipinski definition) is 2. The Labute approximate surface area is 92.5 Å². The van der Waals surface area contributed by atoms with Gasteiger partial charge in [0.2, 0.25) is 0 Å². The van der Waals surface area contributed by atoms with Gasteiger partial charge in [0.15, 0.2) is 0 Å². The molecular formula is C13H21NO. The van der Waals surface area contributed by atoms with E-state index >= 15 is 0 Å². The molecule has 0 saturated heterocycles. The Balaban J connectivity index is 2.74. The normalized spacial score (nSPS) is 12.1. The first kappa shape index (κ1) is 12.2. The Kier molecular flexibility index (Phi) is 3.89. The topological polar surface area (TPSA) is 23.5 Å². The Bertz CT molecular complexity index is 313. The summed E-state index contributed by atoms with van der Waals surface area (Å²) in [5.41, 5.74) is 1.86. The number of aliphatic hydroxyl groups is 1. The number of rotatable bonds is 4. The maximum Gasteiger partial charge on any atom is 0.0631 e. The highest BCUT2D eigenvalue weighted by molar-refractivity contribution is 5.24. The van der Waals surface area contributed by atoms with E-state index in [0.29, 0.717) is 6.42 Å². The van der Waals surface area contributed by atoms with Crippen molar-refractivity contribution in [2.45, 2.75) is 32.4 Å². The van der Waals surface area contributed by atoms with Crippen molar-refractivity contribution < 1.29 is 5.11 Å². The van der Waals surface area contributed by atoms with Gasteiger partial charge in [-0.15, -0.1) is 0 Å². The molecule has 2 heteroatoms. The fourth-order valence-electron chi connectivity index (χ4n) is 1.70. The average molecular weight is 207 g/mol. The predicted octanol–water partition coefficient (Wildman–Crippen LogP) is 2.06. The molecule has 1 aromatic carbocycles. The first-order chi connectivity index (χ1) is 6.87. The van der Waals surface area contributed by atoms with Crippen LogP contribution in [-0.2, 0) is 13.0 Å². The van der Waals surface area contributed by atoms with Gasteiger partial charge in [-0.3, -0.25) is 0 Å². The van der Waals surface area contributed by atoms with Crippen LogP contribution in [0.4, 0.5) is 0 Å². The molecule has 0 aliphatic carbocycles. The third kappa shape index (κ3) is 4.96. The van der Waals surface area contributed by atoms with Crippen LogP contribution in [0.25, 0.3) is 0 Å². The Morgan fingerprint density at radius 1 is 1.20 bits per heavy atom. The summed E-state index contributed by atoms with van der Waals surface area (Å²) in [4.78, 5) is 2.14. The van der Waals surface area contributed by atoms with Gasteiger partial charge in [-0.2, -0.15) is 0 Å². The molecule has 1 rings (SSSR count). The fourth-order valence-corrected chi connectivity index (χ4v) is 1.70. The van der Waals surface area contributed by atoms with Gasteiger partial charge in [-0.05, 0) is 39.1 Å². The molecular weight excluding hydrogens is 186 g/mol. The summed E-state index contributed by atoms with van der Waals surface area (Å²) in [5.74, 6) is 0. The molecule has 1 aromatic rings. The van der Waals surface area contributed by atoms with E-state index in [-0.39, 0.29) is 0 Å². The van der Waals surface area contributed by atoms with Gasteiger partial charge < -0.3 is 10.0 Å². The Morgan fingerprint density at radius 2 is 1.80 bits per heavy atom. The lowest BCUT2D eigenvalue weighted by Gasteiger charge is -2.18. The molecule has 0 heterocycles. The average Bonchev–Trinajstić information content (AvgIpc) is 1.99. The van der Waals surface area contributed by atoms with Crippen LogP contribution in [0.1, 0.15) is 25.0 Å². The van der Waals surface area contributed by atoms with Crippen LogP contribution in [0.2, 0.25) is 0 Å². The minimum absolute atomic E-state index is 0.628. The van der Waals surface area contributed by atoms with Crippen LogP contribution in [-0.4, -0.2) is 29.7 Å². The van der Waals surface area contributed by atoms with Gasteiger partial charge in [-0.1, -0.05) is 24.3 Å². The number of hydrogen-bond donors (Lipinski definition) is 1. The highest BCUT2D eigenvalue weighted by Gasteiger charge is 2.13. The number of benzene rings is 1. The molecule has 0 unspecified atom stereocenters. The van der Waals surface area contributed by atoms with Crippen molar-refractivity contribution >= 4 is 0 Å². The second kappa shape index (κ2) is 4.77. The van der Waals surface area contributed by atoms with E-state index in [9.17, 15) is 5.11 Å². The highest BCUT2D eigenvalue weighted by atomic mass is 16.3. The molecule has 84 valence electrons. The Hall–Kier alpha value is -0.860. The molecule has 1 N–H and O–H groups in total. The molecule has 0 saturated carbocycles. The molecule has 0 spiro atoms.